The van der Waals surface area contributed by atoms with Crippen molar-refractivity contribution in [1.29, 1.82) is 0 Å². The number of imidazole rings is 1. The number of benzene rings is 2. The second-order valence-corrected chi connectivity index (χ2v) is 10.0. The van der Waals surface area contributed by atoms with Crippen molar-refractivity contribution in [2.75, 3.05) is 5.32 Å². The maximum absolute atomic E-state index is 12.5. The molecule has 9 heteroatoms. The zero-order chi connectivity index (χ0) is 24.8. The van der Waals surface area contributed by atoms with Crippen LogP contribution in [0.3, 0.4) is 0 Å². The molecule has 0 bridgehead atoms. The third-order valence-corrected chi connectivity index (χ3v) is 6.34. The summed E-state index contributed by atoms with van der Waals surface area (Å²) in [7, 11) is 0. The Bertz CT molecular complexity index is 1220. The molecule has 0 aliphatic heterocycles. The Hall–Kier alpha value is -3.23. The number of alkyl halides is 3. The molecular weight excluding hydrogens is 447 g/mol. The van der Waals surface area contributed by atoms with Gasteiger partial charge in [-0.1, -0.05) is 20.8 Å². The number of carboxylic acid groups (broad SMARTS) is 1. The van der Waals surface area contributed by atoms with Crippen LogP contribution in [0.2, 0.25) is 0 Å². The van der Waals surface area contributed by atoms with Crippen LogP contribution in [-0.2, 0) is 0 Å². The number of hydrogen-bond donors (Lipinski definition) is 2. The lowest BCUT2D eigenvalue weighted by molar-refractivity contribution is -0.274. The average Bonchev–Trinajstić information content (AvgIpc) is 3.02. The number of aryl methyl sites for hydroxylation is 1. The van der Waals surface area contributed by atoms with E-state index in [9.17, 15) is 23.1 Å². The summed E-state index contributed by atoms with van der Waals surface area (Å²) in [5.74, 6) is -0.305. The minimum Gasteiger partial charge on any atom is -0.478 e. The average molecular weight is 476 g/mol. The van der Waals surface area contributed by atoms with Crippen molar-refractivity contribution in [3.63, 3.8) is 0 Å². The van der Waals surface area contributed by atoms with E-state index in [1.165, 1.54) is 24.3 Å². The third-order valence-electron chi connectivity index (χ3n) is 6.34. The highest BCUT2D eigenvalue weighted by molar-refractivity contribution is 5.95. The maximum atomic E-state index is 12.5. The first-order valence-electron chi connectivity index (χ1n) is 11.2. The zero-order valence-corrected chi connectivity index (χ0v) is 19.5. The van der Waals surface area contributed by atoms with Gasteiger partial charge in [0, 0.05) is 11.7 Å². The van der Waals surface area contributed by atoms with Gasteiger partial charge in [-0.25, -0.2) is 9.78 Å². The van der Waals surface area contributed by atoms with Crippen LogP contribution in [0.25, 0.3) is 11.0 Å². The smallest absolute Gasteiger partial charge is 0.478 e. The molecular formula is C25H28F3N3O3. The SMILES string of the molecule is Cc1cc2c(cc1C(=O)O)nc(Nc1ccc(OC(F)(F)F)cc1)n2[C@@H]1C[C@@H](C)CC(C)(C)C1. The van der Waals surface area contributed by atoms with Crippen LogP contribution in [-0.4, -0.2) is 27.0 Å². The molecule has 1 aliphatic rings. The molecule has 1 saturated carbocycles. The van der Waals surface area contributed by atoms with Crippen molar-refractivity contribution in [2.45, 2.75) is 59.4 Å². The topological polar surface area (TPSA) is 76.4 Å². The molecule has 0 unspecified atom stereocenters. The second-order valence-electron chi connectivity index (χ2n) is 10.0. The van der Waals surface area contributed by atoms with Crippen molar-refractivity contribution >= 4 is 28.6 Å². The summed E-state index contributed by atoms with van der Waals surface area (Å²) in [6.07, 6.45) is -1.77. The van der Waals surface area contributed by atoms with Gasteiger partial charge in [-0.2, -0.15) is 0 Å². The van der Waals surface area contributed by atoms with Gasteiger partial charge >= 0.3 is 12.3 Å². The lowest BCUT2D eigenvalue weighted by Crippen LogP contribution is -2.29. The van der Waals surface area contributed by atoms with E-state index in [2.05, 4.69) is 35.4 Å². The highest BCUT2D eigenvalue weighted by Crippen LogP contribution is 2.46. The second kappa shape index (κ2) is 8.52. The summed E-state index contributed by atoms with van der Waals surface area (Å²) in [5, 5.41) is 12.8. The van der Waals surface area contributed by atoms with Crippen LogP contribution >= 0.6 is 0 Å². The van der Waals surface area contributed by atoms with Crippen LogP contribution in [0.1, 0.15) is 62.0 Å². The Morgan fingerprint density at radius 1 is 1.21 bits per heavy atom. The molecule has 1 fully saturated rings. The summed E-state index contributed by atoms with van der Waals surface area (Å²) in [6.45, 7) is 8.48. The molecule has 0 saturated heterocycles. The predicted octanol–water partition coefficient (Wildman–Crippen LogP) is 7.07. The molecule has 34 heavy (non-hydrogen) atoms. The number of aromatic nitrogens is 2. The molecule has 1 aliphatic carbocycles. The summed E-state index contributed by atoms with van der Waals surface area (Å²) in [6, 6.07) is 9.02. The van der Waals surface area contributed by atoms with E-state index >= 15 is 0 Å². The van der Waals surface area contributed by atoms with Gasteiger partial charge in [-0.05, 0) is 79.5 Å². The number of carboxylic acids is 1. The van der Waals surface area contributed by atoms with Gasteiger partial charge in [0.05, 0.1) is 16.6 Å². The number of hydrogen-bond acceptors (Lipinski definition) is 4. The van der Waals surface area contributed by atoms with Gasteiger partial charge in [-0.3, -0.25) is 0 Å². The Morgan fingerprint density at radius 3 is 2.47 bits per heavy atom. The van der Waals surface area contributed by atoms with Crippen LogP contribution < -0.4 is 10.1 Å². The molecule has 4 rings (SSSR count). The van der Waals surface area contributed by atoms with Crippen LogP contribution in [0.4, 0.5) is 24.8 Å². The first-order chi connectivity index (χ1) is 15.8. The fourth-order valence-electron chi connectivity index (χ4n) is 5.30. The minimum atomic E-state index is -4.76. The van der Waals surface area contributed by atoms with Crippen molar-refractivity contribution in [2.24, 2.45) is 11.3 Å². The van der Waals surface area contributed by atoms with Gasteiger partial charge in [0.25, 0.3) is 0 Å². The number of rotatable bonds is 5. The maximum Gasteiger partial charge on any atom is 0.573 e. The molecule has 0 radical (unpaired) electrons. The third kappa shape index (κ3) is 5.13. The van der Waals surface area contributed by atoms with Gasteiger partial charge in [0.2, 0.25) is 5.95 Å². The monoisotopic (exact) mass is 475 g/mol. The molecule has 182 valence electrons. The van der Waals surface area contributed by atoms with E-state index in [0.717, 1.165) is 24.8 Å². The fourth-order valence-corrected chi connectivity index (χ4v) is 5.30. The number of ether oxygens (including phenoxy) is 1. The van der Waals surface area contributed by atoms with E-state index in [1.54, 1.807) is 13.0 Å². The summed E-state index contributed by atoms with van der Waals surface area (Å²) < 4.78 is 43.5. The molecule has 6 nitrogen and oxygen atoms in total. The van der Waals surface area contributed by atoms with Crippen LogP contribution in [0.5, 0.6) is 5.75 Å². The Kier molecular flexibility index (Phi) is 5.99. The number of fused-ring (bicyclic) bond motifs is 1. The minimum absolute atomic E-state index is 0.128. The molecule has 0 spiro atoms. The molecule has 2 atom stereocenters. The first-order valence-corrected chi connectivity index (χ1v) is 11.2. The molecule has 2 N–H and O–H groups in total. The van der Waals surface area contributed by atoms with Crippen LogP contribution in [0, 0.1) is 18.3 Å². The van der Waals surface area contributed by atoms with E-state index in [4.69, 9.17) is 4.98 Å². The number of carbonyl (C=O) groups is 1. The van der Waals surface area contributed by atoms with Gasteiger partial charge in [-0.15, -0.1) is 13.2 Å². The van der Waals surface area contributed by atoms with Gasteiger partial charge in [0.15, 0.2) is 0 Å². The molecule has 3 aromatic rings. The summed E-state index contributed by atoms with van der Waals surface area (Å²) in [5.41, 5.74) is 2.89. The standard InChI is InChI=1S/C25H28F3N3O3/c1-14-9-17(13-24(3,4)12-14)31-21-10-15(2)19(22(32)33)11-20(21)30-23(31)29-16-5-7-18(8-6-16)34-25(26,27)28/h5-8,10-11,14,17H,9,12-13H2,1-4H3,(H,29,30)(H,32,33)/t14-,17-/m1/s1. The molecule has 1 aromatic heterocycles. The van der Waals surface area contributed by atoms with Crippen molar-refractivity contribution in [3.05, 3.63) is 47.5 Å². The highest BCUT2D eigenvalue weighted by atomic mass is 19.4. The molecule has 0 amide bonds. The molecule has 2 aromatic carbocycles. The quantitative estimate of drug-likeness (QED) is 0.413. The van der Waals surface area contributed by atoms with Crippen LogP contribution in [0.15, 0.2) is 36.4 Å². The summed E-state index contributed by atoms with van der Waals surface area (Å²) in [4.78, 5) is 16.4. The van der Waals surface area contributed by atoms with Crippen molar-refractivity contribution in [3.8, 4) is 5.75 Å². The van der Waals surface area contributed by atoms with E-state index in [-0.39, 0.29) is 22.8 Å². The number of aromatic carboxylic acids is 1. The normalized spacial score (nSPS) is 20.3. The number of halogens is 3. The Morgan fingerprint density at radius 2 is 1.88 bits per heavy atom. The van der Waals surface area contributed by atoms with E-state index < -0.39 is 12.3 Å². The largest absolute Gasteiger partial charge is 0.573 e. The number of nitrogens with one attached hydrogen (secondary N) is 1. The lowest BCUT2D eigenvalue weighted by Gasteiger charge is -2.40. The van der Waals surface area contributed by atoms with Gasteiger partial charge < -0.3 is 19.7 Å². The predicted molar refractivity (Wildman–Crippen MR) is 124 cm³/mol. The summed E-state index contributed by atoms with van der Waals surface area (Å²) >= 11 is 0. The highest BCUT2D eigenvalue weighted by Gasteiger charge is 2.35. The van der Waals surface area contributed by atoms with E-state index in [1.807, 2.05) is 6.07 Å². The number of nitrogens with zero attached hydrogens (tertiary/aromatic N) is 2. The first kappa shape index (κ1) is 23.9. The Labute approximate surface area is 195 Å². The number of anilines is 2. The van der Waals surface area contributed by atoms with Crippen molar-refractivity contribution < 1.29 is 27.8 Å². The molecule has 1 heterocycles. The van der Waals surface area contributed by atoms with E-state index in [0.29, 0.717) is 28.6 Å². The van der Waals surface area contributed by atoms with Gasteiger partial charge in [0.1, 0.15) is 5.75 Å². The van der Waals surface area contributed by atoms with Crippen molar-refractivity contribution in [1.82, 2.24) is 9.55 Å². The Balaban J connectivity index is 1.77. The fraction of sp³-hybridized carbons (Fsp3) is 0.440. The lowest BCUT2D eigenvalue weighted by atomic mass is 9.70. The zero-order valence-electron chi connectivity index (χ0n) is 19.5.